The summed E-state index contributed by atoms with van der Waals surface area (Å²) in [5, 5.41) is 10.9. The number of aromatic nitrogens is 1. The number of halogens is 1. The topological polar surface area (TPSA) is 96.4 Å². The minimum Gasteiger partial charge on any atom is -0.481 e. The molecule has 0 unspecified atom stereocenters. The second-order valence-corrected chi connectivity index (χ2v) is 8.52. The third-order valence-corrected chi connectivity index (χ3v) is 6.69. The van der Waals surface area contributed by atoms with Crippen LogP contribution in [0.15, 0.2) is 34.7 Å². The smallest absolute Gasteiger partial charge is 0.306 e. The van der Waals surface area contributed by atoms with Crippen LogP contribution in [-0.2, 0) is 14.8 Å². The lowest BCUT2D eigenvalue weighted by Gasteiger charge is -2.26. The van der Waals surface area contributed by atoms with Crippen molar-refractivity contribution in [2.45, 2.75) is 36.8 Å². The molecule has 0 amide bonds. The summed E-state index contributed by atoms with van der Waals surface area (Å²) in [4.78, 5) is 15.1. The molecular formula is C16H17FN2O4S2. The van der Waals surface area contributed by atoms with E-state index in [1.165, 1.54) is 28.8 Å². The number of benzene rings is 1. The zero-order chi connectivity index (χ0) is 18.0. The summed E-state index contributed by atoms with van der Waals surface area (Å²) in [6.45, 7) is 0. The summed E-state index contributed by atoms with van der Waals surface area (Å²) in [7, 11) is -3.77. The van der Waals surface area contributed by atoms with E-state index < -0.39 is 21.9 Å². The number of carbonyl (C=O) groups is 1. The first-order valence-corrected chi connectivity index (χ1v) is 10.2. The van der Waals surface area contributed by atoms with Gasteiger partial charge in [0, 0.05) is 17.0 Å². The number of hydrogen-bond acceptors (Lipinski definition) is 5. The van der Waals surface area contributed by atoms with Crippen molar-refractivity contribution in [3.63, 3.8) is 0 Å². The van der Waals surface area contributed by atoms with Gasteiger partial charge in [0.15, 0.2) is 5.03 Å². The normalized spacial score (nSPS) is 21.2. The molecule has 1 heterocycles. The Bertz CT molecular complexity index is 857. The molecule has 2 N–H and O–H groups in total. The average molecular weight is 384 g/mol. The molecule has 6 nitrogen and oxygen atoms in total. The van der Waals surface area contributed by atoms with E-state index in [0.717, 1.165) is 0 Å². The van der Waals surface area contributed by atoms with Gasteiger partial charge in [-0.1, -0.05) is 0 Å². The summed E-state index contributed by atoms with van der Waals surface area (Å²) < 4.78 is 40.5. The van der Waals surface area contributed by atoms with E-state index in [2.05, 4.69) is 9.71 Å². The number of aliphatic carboxylic acids is 1. The molecule has 9 heteroatoms. The van der Waals surface area contributed by atoms with Gasteiger partial charge in [-0.05, 0) is 49.9 Å². The van der Waals surface area contributed by atoms with E-state index in [-0.39, 0.29) is 16.9 Å². The van der Waals surface area contributed by atoms with Crippen molar-refractivity contribution in [1.29, 1.82) is 0 Å². The zero-order valence-electron chi connectivity index (χ0n) is 13.2. The molecule has 134 valence electrons. The highest BCUT2D eigenvalue weighted by molar-refractivity contribution is 7.89. The van der Waals surface area contributed by atoms with Crippen molar-refractivity contribution in [3.05, 3.63) is 35.5 Å². The zero-order valence-corrected chi connectivity index (χ0v) is 14.8. The number of hydrogen-bond donors (Lipinski definition) is 2. The van der Waals surface area contributed by atoms with Crippen LogP contribution in [0.2, 0.25) is 0 Å². The number of nitrogens with one attached hydrogen (secondary N) is 1. The number of carboxylic acid groups (broad SMARTS) is 1. The summed E-state index contributed by atoms with van der Waals surface area (Å²) >= 11 is 1.17. The van der Waals surface area contributed by atoms with Crippen LogP contribution in [0.4, 0.5) is 4.39 Å². The third-order valence-electron chi connectivity index (χ3n) is 4.25. The SMILES string of the molecule is O=C(O)[C@H]1CC[C@H](NS(=O)(=O)c2csc(-c3ccc(F)cc3)n2)CC1. The molecule has 1 saturated carbocycles. The third kappa shape index (κ3) is 4.23. The number of rotatable bonds is 5. The molecule has 25 heavy (non-hydrogen) atoms. The Morgan fingerprint density at radius 1 is 1.20 bits per heavy atom. The van der Waals surface area contributed by atoms with Gasteiger partial charge in [-0.15, -0.1) is 11.3 Å². The fraction of sp³-hybridized carbons (Fsp3) is 0.375. The van der Waals surface area contributed by atoms with Gasteiger partial charge in [0.2, 0.25) is 0 Å². The molecule has 1 aromatic carbocycles. The van der Waals surface area contributed by atoms with Crippen LogP contribution in [0.25, 0.3) is 10.6 Å². The molecule has 1 aliphatic rings. The van der Waals surface area contributed by atoms with Gasteiger partial charge in [-0.3, -0.25) is 4.79 Å². The highest BCUT2D eigenvalue weighted by Gasteiger charge is 2.29. The average Bonchev–Trinajstić information content (AvgIpc) is 3.06. The largest absolute Gasteiger partial charge is 0.481 e. The highest BCUT2D eigenvalue weighted by Crippen LogP contribution is 2.28. The molecule has 0 aliphatic heterocycles. The predicted molar refractivity (Wildman–Crippen MR) is 91.2 cm³/mol. The van der Waals surface area contributed by atoms with E-state index in [0.29, 0.717) is 36.3 Å². The Hall–Kier alpha value is -1.84. The van der Waals surface area contributed by atoms with Crippen molar-refractivity contribution in [2.24, 2.45) is 5.92 Å². The Morgan fingerprint density at radius 3 is 2.44 bits per heavy atom. The molecule has 0 bridgehead atoms. The first-order valence-electron chi connectivity index (χ1n) is 7.82. The van der Waals surface area contributed by atoms with E-state index in [1.54, 1.807) is 12.1 Å². The standard InChI is InChI=1S/C16H17FN2O4S2/c17-12-5-1-10(2-6-12)15-18-14(9-24-15)25(22,23)19-13-7-3-11(4-8-13)16(20)21/h1-2,5-6,9,11,13,19H,3-4,7-8H2,(H,20,21)/t11-,13-. The van der Waals surface area contributed by atoms with Crippen LogP contribution in [0.1, 0.15) is 25.7 Å². The monoisotopic (exact) mass is 384 g/mol. The molecule has 1 fully saturated rings. The van der Waals surface area contributed by atoms with Crippen LogP contribution >= 0.6 is 11.3 Å². The Labute approximate surface area is 148 Å². The summed E-state index contributed by atoms with van der Waals surface area (Å²) in [5.74, 6) is -1.60. The first-order chi connectivity index (χ1) is 11.8. The maximum Gasteiger partial charge on any atom is 0.306 e. The van der Waals surface area contributed by atoms with Gasteiger partial charge in [0.05, 0.1) is 5.92 Å². The molecule has 0 spiro atoms. The minimum absolute atomic E-state index is 0.0721. The minimum atomic E-state index is -3.77. The van der Waals surface area contributed by atoms with Gasteiger partial charge in [-0.2, -0.15) is 0 Å². The van der Waals surface area contributed by atoms with Gasteiger partial charge in [0.1, 0.15) is 10.8 Å². The van der Waals surface area contributed by atoms with Gasteiger partial charge in [0.25, 0.3) is 10.0 Å². The van der Waals surface area contributed by atoms with E-state index in [4.69, 9.17) is 5.11 Å². The highest BCUT2D eigenvalue weighted by atomic mass is 32.2. The molecule has 0 atom stereocenters. The number of thiazole rings is 1. The second kappa shape index (κ2) is 7.19. The van der Waals surface area contributed by atoms with Gasteiger partial charge in [-0.25, -0.2) is 22.5 Å². The van der Waals surface area contributed by atoms with Crippen molar-refractivity contribution in [1.82, 2.24) is 9.71 Å². The fourth-order valence-corrected chi connectivity index (χ4v) is 5.25. The van der Waals surface area contributed by atoms with Crippen molar-refractivity contribution >= 4 is 27.3 Å². The van der Waals surface area contributed by atoms with E-state index >= 15 is 0 Å². The predicted octanol–water partition coefficient (Wildman–Crippen LogP) is 2.87. The van der Waals surface area contributed by atoms with Crippen LogP contribution in [-0.4, -0.2) is 30.5 Å². The summed E-state index contributed by atoms with van der Waals surface area (Å²) in [6, 6.07) is 5.40. The van der Waals surface area contributed by atoms with Crippen molar-refractivity contribution in [3.8, 4) is 10.6 Å². The molecule has 0 radical (unpaired) electrons. The fourth-order valence-electron chi connectivity index (χ4n) is 2.85. The number of nitrogens with zero attached hydrogens (tertiary/aromatic N) is 1. The lowest BCUT2D eigenvalue weighted by atomic mass is 9.87. The van der Waals surface area contributed by atoms with Crippen LogP contribution in [0.5, 0.6) is 0 Å². The Kier molecular flexibility index (Phi) is 5.16. The number of carboxylic acids is 1. The first kappa shape index (κ1) is 18.0. The summed E-state index contributed by atoms with van der Waals surface area (Å²) in [6.07, 6.45) is 1.90. The molecule has 0 saturated heterocycles. The van der Waals surface area contributed by atoms with E-state index in [1.807, 2.05) is 0 Å². The number of sulfonamides is 1. The van der Waals surface area contributed by atoms with Crippen molar-refractivity contribution in [2.75, 3.05) is 0 Å². The van der Waals surface area contributed by atoms with Crippen molar-refractivity contribution < 1.29 is 22.7 Å². The Balaban J connectivity index is 1.69. The van der Waals surface area contributed by atoms with Gasteiger partial charge >= 0.3 is 5.97 Å². The maximum atomic E-state index is 13.0. The second-order valence-electron chi connectivity index (χ2n) is 6.01. The molecular weight excluding hydrogens is 367 g/mol. The molecule has 1 aromatic heterocycles. The quantitative estimate of drug-likeness (QED) is 0.826. The van der Waals surface area contributed by atoms with Crippen LogP contribution in [0.3, 0.4) is 0 Å². The van der Waals surface area contributed by atoms with Gasteiger partial charge < -0.3 is 5.11 Å². The van der Waals surface area contributed by atoms with Crippen LogP contribution < -0.4 is 4.72 Å². The lowest BCUT2D eigenvalue weighted by molar-refractivity contribution is -0.142. The molecule has 1 aliphatic carbocycles. The van der Waals surface area contributed by atoms with E-state index in [9.17, 15) is 17.6 Å². The van der Waals surface area contributed by atoms with Crippen LogP contribution in [0, 0.1) is 11.7 Å². The molecule has 2 aromatic rings. The summed E-state index contributed by atoms with van der Waals surface area (Å²) in [5.41, 5.74) is 0.648. The lowest BCUT2D eigenvalue weighted by Crippen LogP contribution is -2.38. The molecule has 3 rings (SSSR count). The maximum absolute atomic E-state index is 13.0. The Morgan fingerprint density at radius 2 is 1.84 bits per heavy atom.